The SMILES string of the molecule is Cn1c(OCC(C)(F)F)ncc(-c2ccc(C(F)(F)F)cc2F)c1=O. The van der Waals surface area contributed by atoms with E-state index in [1.807, 2.05) is 0 Å². The summed E-state index contributed by atoms with van der Waals surface area (Å²) in [4.78, 5) is 15.9. The number of hydrogen-bond donors (Lipinski definition) is 0. The molecule has 10 heteroatoms. The van der Waals surface area contributed by atoms with Crippen LogP contribution in [0.4, 0.5) is 26.3 Å². The van der Waals surface area contributed by atoms with Crippen LogP contribution in [0.3, 0.4) is 0 Å². The fraction of sp³-hybridized carbons (Fsp3) is 0.333. The van der Waals surface area contributed by atoms with Crippen LogP contribution in [0, 0.1) is 5.82 Å². The van der Waals surface area contributed by atoms with E-state index < -0.39 is 47.2 Å². The number of benzene rings is 1. The Morgan fingerprint density at radius 1 is 1.16 bits per heavy atom. The zero-order chi connectivity index (χ0) is 19.0. The lowest BCUT2D eigenvalue weighted by Gasteiger charge is -2.14. The third kappa shape index (κ3) is 4.31. The number of halogens is 6. The zero-order valence-electron chi connectivity index (χ0n) is 13.0. The van der Waals surface area contributed by atoms with Crippen molar-refractivity contribution in [3.05, 3.63) is 46.1 Å². The minimum Gasteiger partial charge on any atom is -0.458 e. The van der Waals surface area contributed by atoms with E-state index in [2.05, 4.69) is 4.98 Å². The second-order valence-electron chi connectivity index (χ2n) is 5.37. The highest BCUT2D eigenvalue weighted by Gasteiger charge is 2.31. The average molecular weight is 366 g/mol. The lowest BCUT2D eigenvalue weighted by molar-refractivity contribution is -0.137. The Labute approximate surface area is 137 Å². The standard InChI is InChI=1S/C15H12F6N2O2/c1-14(17,18)7-25-13-22-6-10(12(24)23(13)2)9-4-3-8(5-11(9)16)15(19,20)21/h3-6H,7H2,1-2H3. The quantitative estimate of drug-likeness (QED) is 0.776. The van der Waals surface area contributed by atoms with Crippen molar-refractivity contribution in [2.24, 2.45) is 7.05 Å². The maximum atomic E-state index is 14.0. The first-order valence-corrected chi connectivity index (χ1v) is 6.84. The van der Waals surface area contributed by atoms with Crippen molar-refractivity contribution < 1.29 is 31.1 Å². The number of rotatable bonds is 4. The van der Waals surface area contributed by atoms with E-state index in [1.54, 1.807) is 0 Å². The molecular weight excluding hydrogens is 354 g/mol. The van der Waals surface area contributed by atoms with E-state index in [9.17, 15) is 31.1 Å². The molecule has 0 aliphatic heterocycles. The van der Waals surface area contributed by atoms with Crippen molar-refractivity contribution in [2.75, 3.05) is 6.61 Å². The molecule has 4 nitrogen and oxygen atoms in total. The van der Waals surface area contributed by atoms with Crippen molar-refractivity contribution in [2.45, 2.75) is 19.0 Å². The molecule has 2 aromatic rings. The molecule has 0 radical (unpaired) electrons. The molecule has 0 fully saturated rings. The summed E-state index contributed by atoms with van der Waals surface area (Å²) in [6.45, 7) is -0.418. The summed E-state index contributed by atoms with van der Waals surface area (Å²) in [5.74, 6) is -4.42. The van der Waals surface area contributed by atoms with Crippen LogP contribution in [-0.2, 0) is 13.2 Å². The van der Waals surface area contributed by atoms with Gasteiger partial charge in [-0.05, 0) is 12.1 Å². The van der Waals surface area contributed by atoms with Gasteiger partial charge in [0.15, 0.2) is 6.61 Å². The van der Waals surface area contributed by atoms with Crippen LogP contribution >= 0.6 is 0 Å². The van der Waals surface area contributed by atoms with Gasteiger partial charge < -0.3 is 4.74 Å². The lowest BCUT2D eigenvalue weighted by atomic mass is 10.1. The molecule has 2 rings (SSSR count). The normalized spacial score (nSPS) is 12.3. The molecule has 1 aromatic heterocycles. The number of nitrogens with zero attached hydrogens (tertiary/aromatic N) is 2. The number of hydrogen-bond acceptors (Lipinski definition) is 3. The first-order valence-electron chi connectivity index (χ1n) is 6.84. The van der Waals surface area contributed by atoms with Crippen LogP contribution in [0.5, 0.6) is 6.01 Å². The van der Waals surface area contributed by atoms with Gasteiger partial charge in [0.2, 0.25) is 0 Å². The minimum atomic E-state index is -4.73. The molecule has 0 saturated heterocycles. The van der Waals surface area contributed by atoms with Crippen LogP contribution in [0.25, 0.3) is 11.1 Å². The largest absolute Gasteiger partial charge is 0.458 e. The van der Waals surface area contributed by atoms with Gasteiger partial charge in [-0.3, -0.25) is 9.36 Å². The average Bonchev–Trinajstić information content (AvgIpc) is 2.47. The van der Waals surface area contributed by atoms with Crippen molar-refractivity contribution in [1.82, 2.24) is 9.55 Å². The molecule has 1 heterocycles. The summed E-state index contributed by atoms with van der Waals surface area (Å²) in [7, 11) is 1.16. The first-order chi connectivity index (χ1) is 11.4. The third-order valence-corrected chi connectivity index (χ3v) is 3.17. The van der Waals surface area contributed by atoms with Gasteiger partial charge in [-0.2, -0.15) is 13.2 Å². The summed E-state index contributed by atoms with van der Waals surface area (Å²) in [5, 5.41) is 0. The maximum Gasteiger partial charge on any atom is 0.416 e. The van der Waals surface area contributed by atoms with Crippen LogP contribution in [0.1, 0.15) is 12.5 Å². The highest BCUT2D eigenvalue weighted by atomic mass is 19.4. The van der Waals surface area contributed by atoms with E-state index in [4.69, 9.17) is 4.74 Å². The van der Waals surface area contributed by atoms with Gasteiger partial charge in [-0.1, -0.05) is 6.07 Å². The Bertz CT molecular complexity index is 839. The number of ether oxygens (including phenoxy) is 1. The summed E-state index contributed by atoms with van der Waals surface area (Å²) < 4.78 is 82.7. The molecular formula is C15H12F6N2O2. The second kappa shape index (κ2) is 6.41. The summed E-state index contributed by atoms with van der Waals surface area (Å²) in [5.41, 5.74) is -2.79. The van der Waals surface area contributed by atoms with Crippen molar-refractivity contribution in [3.63, 3.8) is 0 Å². The van der Waals surface area contributed by atoms with Crippen molar-refractivity contribution in [3.8, 4) is 17.1 Å². The lowest BCUT2D eigenvalue weighted by Crippen LogP contribution is -2.27. The molecule has 136 valence electrons. The molecule has 25 heavy (non-hydrogen) atoms. The summed E-state index contributed by atoms with van der Waals surface area (Å²) in [6.07, 6.45) is -3.87. The van der Waals surface area contributed by atoms with E-state index in [0.717, 1.165) is 23.9 Å². The molecule has 0 atom stereocenters. The molecule has 0 amide bonds. The Balaban J connectivity index is 2.42. The first kappa shape index (κ1) is 18.8. The second-order valence-corrected chi connectivity index (χ2v) is 5.37. The molecule has 0 bridgehead atoms. The summed E-state index contributed by atoms with van der Waals surface area (Å²) >= 11 is 0. The van der Waals surface area contributed by atoms with Crippen molar-refractivity contribution in [1.29, 1.82) is 0 Å². The molecule has 0 spiro atoms. The smallest absolute Gasteiger partial charge is 0.416 e. The fourth-order valence-corrected chi connectivity index (χ4v) is 1.95. The molecule has 0 unspecified atom stereocenters. The third-order valence-electron chi connectivity index (χ3n) is 3.17. The maximum absolute atomic E-state index is 14.0. The number of alkyl halides is 5. The van der Waals surface area contributed by atoms with E-state index in [0.29, 0.717) is 13.0 Å². The van der Waals surface area contributed by atoms with E-state index in [-0.39, 0.29) is 11.6 Å². The van der Waals surface area contributed by atoms with Gasteiger partial charge in [0.1, 0.15) is 5.82 Å². The Morgan fingerprint density at radius 3 is 2.32 bits per heavy atom. The minimum absolute atomic E-state index is 0.261. The molecule has 0 aliphatic rings. The van der Waals surface area contributed by atoms with Crippen LogP contribution in [0.15, 0.2) is 29.2 Å². The van der Waals surface area contributed by atoms with Gasteiger partial charge in [0.25, 0.3) is 17.5 Å². The molecule has 0 aliphatic carbocycles. The number of aromatic nitrogens is 2. The Morgan fingerprint density at radius 2 is 1.80 bits per heavy atom. The van der Waals surface area contributed by atoms with E-state index >= 15 is 0 Å². The molecule has 0 N–H and O–H groups in total. The zero-order valence-corrected chi connectivity index (χ0v) is 13.0. The van der Waals surface area contributed by atoms with Gasteiger partial charge in [-0.15, -0.1) is 0 Å². The fourth-order valence-electron chi connectivity index (χ4n) is 1.95. The van der Waals surface area contributed by atoms with Gasteiger partial charge in [-0.25, -0.2) is 18.2 Å². The highest BCUT2D eigenvalue weighted by Crippen LogP contribution is 2.32. The predicted octanol–water partition coefficient (Wildman–Crippen LogP) is 3.64. The molecule has 1 aromatic carbocycles. The van der Waals surface area contributed by atoms with E-state index in [1.165, 1.54) is 0 Å². The monoisotopic (exact) mass is 366 g/mol. The van der Waals surface area contributed by atoms with Crippen LogP contribution < -0.4 is 10.3 Å². The van der Waals surface area contributed by atoms with Crippen molar-refractivity contribution >= 4 is 0 Å². The van der Waals surface area contributed by atoms with Gasteiger partial charge in [0.05, 0.1) is 11.1 Å². The summed E-state index contributed by atoms with van der Waals surface area (Å²) in [6, 6.07) is 1.26. The van der Waals surface area contributed by atoms with Crippen LogP contribution in [-0.4, -0.2) is 22.1 Å². The topological polar surface area (TPSA) is 44.1 Å². The van der Waals surface area contributed by atoms with Gasteiger partial charge in [0, 0.05) is 25.7 Å². The Hall–Kier alpha value is -2.52. The van der Waals surface area contributed by atoms with Crippen LogP contribution in [0.2, 0.25) is 0 Å². The van der Waals surface area contributed by atoms with Gasteiger partial charge >= 0.3 is 6.18 Å². The highest BCUT2D eigenvalue weighted by molar-refractivity contribution is 5.63. The Kier molecular flexibility index (Phi) is 4.83. The molecule has 0 saturated carbocycles. The predicted molar refractivity (Wildman–Crippen MR) is 76.0 cm³/mol.